The third-order valence-corrected chi connectivity index (χ3v) is 6.53. The van der Waals surface area contributed by atoms with Gasteiger partial charge in [-0.15, -0.1) is 0 Å². The number of ketones is 1. The molecule has 0 bridgehead atoms. The smallest absolute Gasteiger partial charge is 0.295 e. The zero-order valence-electron chi connectivity index (χ0n) is 20.9. The van der Waals surface area contributed by atoms with Crippen molar-refractivity contribution in [2.24, 2.45) is 0 Å². The van der Waals surface area contributed by atoms with E-state index in [1.807, 2.05) is 25.1 Å². The molecule has 0 spiro atoms. The van der Waals surface area contributed by atoms with Gasteiger partial charge in [-0.25, -0.2) is 0 Å². The zero-order valence-corrected chi connectivity index (χ0v) is 20.9. The summed E-state index contributed by atoms with van der Waals surface area (Å²) in [7, 11) is 1.57. The second-order valence-corrected chi connectivity index (χ2v) is 8.95. The zero-order chi connectivity index (χ0) is 25.5. The molecule has 1 atom stereocenters. The molecule has 192 valence electrons. The number of likely N-dealkylation sites (tertiary alicyclic amines) is 1. The van der Waals surface area contributed by atoms with Crippen molar-refractivity contribution >= 4 is 17.4 Å². The van der Waals surface area contributed by atoms with Crippen LogP contribution in [0.15, 0.2) is 54.1 Å². The van der Waals surface area contributed by atoms with Gasteiger partial charge in [-0.2, -0.15) is 0 Å². The number of amides is 1. The standard InChI is InChI=1S/C28H34N2O6/c1-3-16-36-22-10-8-20(9-11-22)26(31)24-25(21-6-4-7-23(19-21)34-2)30(28(33)27(24)32)13-5-12-29-14-17-35-18-15-29/h4,6-11,19,25,31H,3,5,12-18H2,1-2H3. The molecule has 4 rings (SSSR count). The van der Waals surface area contributed by atoms with Crippen LogP contribution in [-0.2, 0) is 14.3 Å². The number of morpholine rings is 1. The lowest BCUT2D eigenvalue weighted by molar-refractivity contribution is -0.140. The summed E-state index contributed by atoms with van der Waals surface area (Å²) in [6.45, 7) is 6.94. The summed E-state index contributed by atoms with van der Waals surface area (Å²) >= 11 is 0. The molecule has 8 heteroatoms. The number of carbonyl (C=O) groups excluding carboxylic acids is 2. The number of rotatable bonds is 10. The molecule has 2 aliphatic heterocycles. The van der Waals surface area contributed by atoms with E-state index in [2.05, 4.69) is 4.90 Å². The van der Waals surface area contributed by atoms with Crippen LogP contribution in [0.5, 0.6) is 11.5 Å². The Morgan fingerprint density at radius 3 is 2.50 bits per heavy atom. The number of Topliss-reactive ketones (excluding diaryl/α,β-unsaturated/α-hetero) is 1. The SMILES string of the molecule is CCCOc1ccc(C(O)=C2C(=O)C(=O)N(CCCN3CCOCC3)C2c2cccc(OC)c2)cc1. The number of benzene rings is 2. The lowest BCUT2D eigenvalue weighted by atomic mass is 9.95. The topological polar surface area (TPSA) is 88.5 Å². The van der Waals surface area contributed by atoms with Crippen molar-refractivity contribution in [3.05, 3.63) is 65.2 Å². The van der Waals surface area contributed by atoms with Gasteiger partial charge in [0.1, 0.15) is 17.3 Å². The van der Waals surface area contributed by atoms with Crippen LogP contribution in [0.3, 0.4) is 0 Å². The van der Waals surface area contributed by atoms with Crippen molar-refractivity contribution in [2.45, 2.75) is 25.8 Å². The van der Waals surface area contributed by atoms with Crippen LogP contribution < -0.4 is 9.47 Å². The number of aliphatic hydroxyl groups is 1. The summed E-state index contributed by atoms with van der Waals surface area (Å²) in [5.41, 5.74) is 1.25. The van der Waals surface area contributed by atoms with Crippen LogP contribution in [0.1, 0.15) is 36.9 Å². The van der Waals surface area contributed by atoms with Crippen molar-refractivity contribution in [3.63, 3.8) is 0 Å². The Morgan fingerprint density at radius 1 is 1.06 bits per heavy atom. The van der Waals surface area contributed by atoms with Crippen LogP contribution in [-0.4, -0.2) is 79.7 Å². The molecule has 0 radical (unpaired) electrons. The molecule has 2 saturated heterocycles. The summed E-state index contributed by atoms with van der Waals surface area (Å²) in [5.74, 6) is -0.184. The molecular weight excluding hydrogens is 460 g/mol. The third kappa shape index (κ3) is 5.71. The van der Waals surface area contributed by atoms with Crippen molar-refractivity contribution in [3.8, 4) is 11.5 Å². The lowest BCUT2D eigenvalue weighted by Crippen LogP contribution is -2.38. The molecule has 2 aromatic rings. The molecule has 1 N–H and O–H groups in total. The fraction of sp³-hybridized carbons (Fsp3) is 0.429. The average molecular weight is 495 g/mol. The van der Waals surface area contributed by atoms with Gasteiger partial charge in [0.05, 0.1) is 38.5 Å². The Morgan fingerprint density at radius 2 is 1.81 bits per heavy atom. The first-order valence-electron chi connectivity index (χ1n) is 12.5. The molecule has 1 unspecified atom stereocenters. The van der Waals surface area contributed by atoms with E-state index in [-0.39, 0.29) is 11.3 Å². The maximum atomic E-state index is 13.2. The Balaban J connectivity index is 1.65. The predicted molar refractivity (Wildman–Crippen MR) is 136 cm³/mol. The van der Waals surface area contributed by atoms with Gasteiger partial charge in [-0.1, -0.05) is 19.1 Å². The van der Waals surface area contributed by atoms with Gasteiger partial charge in [0.25, 0.3) is 11.7 Å². The van der Waals surface area contributed by atoms with Crippen LogP contribution in [0.2, 0.25) is 0 Å². The molecule has 2 aliphatic rings. The Labute approximate surface area is 212 Å². The van der Waals surface area contributed by atoms with Gasteiger partial charge >= 0.3 is 0 Å². The monoisotopic (exact) mass is 494 g/mol. The largest absolute Gasteiger partial charge is 0.507 e. The second kappa shape index (κ2) is 12.1. The Bertz CT molecular complexity index is 1090. The van der Waals surface area contributed by atoms with Gasteiger partial charge in [0.15, 0.2) is 0 Å². The fourth-order valence-corrected chi connectivity index (χ4v) is 4.64. The molecule has 2 aromatic carbocycles. The normalized spacial score (nSPS) is 20.1. The van der Waals surface area contributed by atoms with Crippen molar-refractivity contribution in [1.29, 1.82) is 0 Å². The first-order valence-corrected chi connectivity index (χ1v) is 12.5. The summed E-state index contributed by atoms with van der Waals surface area (Å²) in [6, 6.07) is 13.5. The average Bonchev–Trinajstić information content (AvgIpc) is 3.17. The van der Waals surface area contributed by atoms with E-state index < -0.39 is 17.7 Å². The Hall–Kier alpha value is -3.36. The summed E-state index contributed by atoms with van der Waals surface area (Å²) in [5, 5.41) is 11.3. The van der Waals surface area contributed by atoms with E-state index >= 15 is 0 Å². The molecule has 0 aromatic heterocycles. The number of hydrogen-bond acceptors (Lipinski definition) is 7. The molecule has 2 fully saturated rings. The first-order chi connectivity index (χ1) is 17.5. The summed E-state index contributed by atoms with van der Waals surface area (Å²) in [6.07, 6.45) is 1.59. The van der Waals surface area contributed by atoms with Gasteiger partial charge in [-0.05, 0) is 54.8 Å². The second-order valence-electron chi connectivity index (χ2n) is 8.95. The highest BCUT2D eigenvalue weighted by Crippen LogP contribution is 2.40. The molecule has 36 heavy (non-hydrogen) atoms. The van der Waals surface area contributed by atoms with Crippen molar-refractivity contribution < 1.29 is 28.9 Å². The van der Waals surface area contributed by atoms with Gasteiger partial charge in [0.2, 0.25) is 0 Å². The number of methoxy groups -OCH3 is 1. The van der Waals surface area contributed by atoms with Crippen LogP contribution in [0.25, 0.3) is 5.76 Å². The minimum atomic E-state index is -0.708. The Kier molecular flexibility index (Phi) is 8.61. The van der Waals surface area contributed by atoms with Crippen molar-refractivity contribution in [1.82, 2.24) is 9.80 Å². The van der Waals surface area contributed by atoms with Gasteiger partial charge < -0.3 is 24.2 Å². The molecule has 0 saturated carbocycles. The van der Waals surface area contributed by atoms with E-state index in [0.717, 1.165) is 26.1 Å². The fourth-order valence-electron chi connectivity index (χ4n) is 4.64. The maximum Gasteiger partial charge on any atom is 0.295 e. The van der Waals surface area contributed by atoms with E-state index in [4.69, 9.17) is 14.2 Å². The van der Waals surface area contributed by atoms with E-state index in [1.165, 1.54) is 0 Å². The van der Waals surface area contributed by atoms with Gasteiger partial charge in [-0.3, -0.25) is 14.5 Å². The van der Waals surface area contributed by atoms with Crippen LogP contribution >= 0.6 is 0 Å². The first kappa shape index (κ1) is 25.7. The molecule has 8 nitrogen and oxygen atoms in total. The molecule has 1 amide bonds. The molecule has 2 heterocycles. The highest BCUT2D eigenvalue weighted by Gasteiger charge is 2.46. The van der Waals surface area contributed by atoms with Crippen LogP contribution in [0, 0.1) is 0 Å². The van der Waals surface area contributed by atoms with E-state index in [0.29, 0.717) is 55.4 Å². The molecule has 0 aliphatic carbocycles. The number of carbonyl (C=O) groups is 2. The van der Waals surface area contributed by atoms with Crippen molar-refractivity contribution in [2.75, 3.05) is 53.1 Å². The third-order valence-electron chi connectivity index (χ3n) is 6.53. The minimum absolute atomic E-state index is 0.0850. The van der Waals surface area contributed by atoms with Crippen LogP contribution in [0.4, 0.5) is 0 Å². The predicted octanol–water partition coefficient (Wildman–Crippen LogP) is 3.63. The number of nitrogens with zero attached hydrogens (tertiary/aromatic N) is 2. The lowest BCUT2D eigenvalue weighted by Gasteiger charge is -2.29. The highest BCUT2D eigenvalue weighted by atomic mass is 16.5. The molecular formula is C28H34N2O6. The number of ether oxygens (including phenoxy) is 3. The van der Waals surface area contributed by atoms with E-state index in [9.17, 15) is 14.7 Å². The van der Waals surface area contributed by atoms with Gasteiger partial charge in [0, 0.05) is 31.7 Å². The summed E-state index contributed by atoms with van der Waals surface area (Å²) < 4.78 is 16.4. The quantitative estimate of drug-likeness (QED) is 0.307. The highest BCUT2D eigenvalue weighted by molar-refractivity contribution is 6.46. The summed E-state index contributed by atoms with van der Waals surface area (Å²) in [4.78, 5) is 30.3. The minimum Gasteiger partial charge on any atom is -0.507 e. The van der Waals surface area contributed by atoms with E-state index in [1.54, 1.807) is 42.3 Å². The number of aliphatic hydroxyl groups excluding tert-OH is 1. The maximum absolute atomic E-state index is 13.2. The number of hydrogen-bond donors (Lipinski definition) is 1.